The van der Waals surface area contributed by atoms with Gasteiger partial charge in [0.15, 0.2) is 5.75 Å². The van der Waals surface area contributed by atoms with Crippen LogP contribution < -0.4 is 14.4 Å². The van der Waals surface area contributed by atoms with Crippen molar-refractivity contribution in [2.45, 2.75) is 43.9 Å². The number of anilines is 1. The van der Waals surface area contributed by atoms with Crippen molar-refractivity contribution < 1.29 is 27.0 Å². The Labute approximate surface area is 189 Å². The van der Waals surface area contributed by atoms with Crippen LogP contribution in [0.2, 0.25) is 0 Å². The third kappa shape index (κ3) is 3.70. The lowest BCUT2D eigenvalue weighted by Crippen LogP contribution is -2.59. The van der Waals surface area contributed by atoms with Crippen molar-refractivity contribution >= 4 is 16.0 Å². The number of hydrogen-bond acceptors (Lipinski definition) is 8. The molecule has 33 heavy (non-hydrogen) atoms. The Morgan fingerprint density at radius 2 is 2.18 bits per heavy atom. The van der Waals surface area contributed by atoms with Gasteiger partial charge in [-0.2, -0.15) is 14.0 Å². The van der Waals surface area contributed by atoms with E-state index in [1.54, 1.807) is 36.1 Å². The van der Waals surface area contributed by atoms with Gasteiger partial charge in [0, 0.05) is 29.7 Å². The highest BCUT2D eigenvalue weighted by atomic mass is 32.2. The fourth-order valence-corrected chi connectivity index (χ4v) is 5.31. The van der Waals surface area contributed by atoms with Crippen molar-refractivity contribution in [2.75, 3.05) is 23.8 Å². The number of β-amino-alcohol motifs (C(OH)–C–C–N with tert-alkyl or cyclic N) is 1. The number of aliphatic hydroxyl groups excluding tert-OH is 1. The summed E-state index contributed by atoms with van der Waals surface area (Å²) in [7, 11) is -3.78. The Morgan fingerprint density at radius 1 is 1.39 bits per heavy atom. The number of rotatable bonds is 5. The summed E-state index contributed by atoms with van der Waals surface area (Å²) in [5, 5.41) is 18.5. The number of nitriles is 1. The molecule has 3 heterocycles. The van der Waals surface area contributed by atoms with Crippen LogP contribution in [-0.4, -0.2) is 54.5 Å². The van der Waals surface area contributed by atoms with Gasteiger partial charge in [-0.3, -0.25) is 0 Å². The third-order valence-corrected chi connectivity index (χ3v) is 7.52. The van der Waals surface area contributed by atoms with E-state index in [-0.39, 0.29) is 43.7 Å². The van der Waals surface area contributed by atoms with E-state index in [4.69, 9.17) is 10.00 Å². The Bertz CT molecular complexity index is 1280. The summed E-state index contributed by atoms with van der Waals surface area (Å²) >= 11 is 0. The number of hydrogen-bond donors (Lipinski definition) is 2. The SMILES string of the molecule is C[C@H]1[C@H](O)CN1c1nc(-c2ccc3c(c2)OC[C@@H]3NS(=O)(=O)CC#N)c2c(n1)C(F)(F)CC2. The number of fused-ring (bicyclic) bond motifs is 2. The van der Waals surface area contributed by atoms with Crippen molar-refractivity contribution in [1.82, 2.24) is 14.7 Å². The van der Waals surface area contributed by atoms with Gasteiger partial charge in [0.2, 0.25) is 16.0 Å². The summed E-state index contributed by atoms with van der Waals surface area (Å²) in [4.78, 5) is 10.4. The van der Waals surface area contributed by atoms with Crippen LogP contribution in [-0.2, 0) is 22.4 Å². The second kappa shape index (κ2) is 7.58. The predicted molar refractivity (Wildman–Crippen MR) is 113 cm³/mol. The zero-order valence-electron chi connectivity index (χ0n) is 17.6. The molecule has 3 aliphatic rings. The molecule has 1 saturated heterocycles. The van der Waals surface area contributed by atoms with Crippen LogP contribution in [0.15, 0.2) is 18.2 Å². The largest absolute Gasteiger partial charge is 0.491 e. The maximum atomic E-state index is 14.6. The number of alkyl halides is 2. The zero-order valence-corrected chi connectivity index (χ0v) is 18.4. The quantitative estimate of drug-likeness (QED) is 0.665. The summed E-state index contributed by atoms with van der Waals surface area (Å²) in [5.41, 5.74) is 1.61. The van der Waals surface area contributed by atoms with Crippen LogP contribution in [0.25, 0.3) is 11.3 Å². The molecule has 0 unspecified atom stereocenters. The molecule has 1 aromatic carbocycles. The summed E-state index contributed by atoms with van der Waals surface area (Å²) < 4.78 is 61.2. The van der Waals surface area contributed by atoms with Gasteiger partial charge in [0.1, 0.15) is 18.1 Å². The molecule has 1 aliphatic carbocycles. The molecule has 1 aromatic heterocycles. The normalized spacial score (nSPS) is 25.1. The number of halogens is 2. The number of aliphatic hydroxyl groups is 1. The highest BCUT2D eigenvalue weighted by Gasteiger charge is 2.45. The van der Waals surface area contributed by atoms with E-state index in [9.17, 15) is 22.3 Å². The third-order valence-electron chi connectivity index (χ3n) is 6.36. The molecule has 0 radical (unpaired) electrons. The average molecular weight is 477 g/mol. The number of sulfonamides is 1. The highest BCUT2D eigenvalue weighted by molar-refractivity contribution is 7.89. The minimum absolute atomic E-state index is 0.0534. The lowest BCUT2D eigenvalue weighted by Gasteiger charge is -2.43. The first-order valence-corrected chi connectivity index (χ1v) is 12.1. The van der Waals surface area contributed by atoms with Crippen LogP contribution in [0, 0.1) is 11.3 Å². The van der Waals surface area contributed by atoms with Gasteiger partial charge in [-0.25, -0.2) is 23.1 Å². The van der Waals surface area contributed by atoms with E-state index < -0.39 is 33.8 Å². The first-order chi connectivity index (χ1) is 15.6. The van der Waals surface area contributed by atoms with Gasteiger partial charge in [-0.15, -0.1) is 0 Å². The van der Waals surface area contributed by atoms with Crippen LogP contribution in [0.5, 0.6) is 5.75 Å². The second-order valence-electron chi connectivity index (χ2n) is 8.52. The molecule has 3 atom stereocenters. The molecule has 9 nitrogen and oxygen atoms in total. The van der Waals surface area contributed by atoms with E-state index in [1.807, 2.05) is 0 Å². The summed E-state index contributed by atoms with van der Waals surface area (Å²) in [6.07, 6.45) is -0.790. The topological polar surface area (TPSA) is 128 Å². The molecule has 5 rings (SSSR count). The van der Waals surface area contributed by atoms with Crippen LogP contribution >= 0.6 is 0 Å². The molecule has 1 fully saturated rings. The molecule has 2 N–H and O–H groups in total. The molecule has 12 heteroatoms. The standard InChI is InChI=1S/C21H21F2N5O4S/c1-11-16(29)9-28(11)20-25-18(14-4-5-21(22,23)19(14)26-20)12-2-3-13-15(10-32-17(13)8-12)27-33(30,31)7-6-24/h2-3,8,11,15-16,27,29H,4-5,7,9-10H2,1H3/t11-,15-,16+/m0/s1. The number of nitrogens with zero attached hydrogens (tertiary/aromatic N) is 4. The predicted octanol–water partition coefficient (Wildman–Crippen LogP) is 1.63. The molecule has 2 aromatic rings. The Balaban J connectivity index is 1.53. The molecule has 2 aliphatic heterocycles. The van der Waals surface area contributed by atoms with E-state index in [0.29, 0.717) is 28.1 Å². The molecular weight excluding hydrogens is 456 g/mol. The summed E-state index contributed by atoms with van der Waals surface area (Å²) in [6.45, 7) is 2.10. The molecule has 0 bridgehead atoms. The van der Waals surface area contributed by atoms with Gasteiger partial charge < -0.3 is 14.7 Å². The van der Waals surface area contributed by atoms with Crippen molar-refractivity contribution in [3.63, 3.8) is 0 Å². The van der Waals surface area contributed by atoms with Crippen LogP contribution in [0.1, 0.15) is 36.2 Å². The number of nitrogens with one attached hydrogen (secondary N) is 1. The number of ether oxygens (including phenoxy) is 1. The van der Waals surface area contributed by atoms with Crippen LogP contribution in [0.3, 0.4) is 0 Å². The smallest absolute Gasteiger partial charge is 0.290 e. The molecule has 0 spiro atoms. The minimum atomic E-state index is -3.78. The van der Waals surface area contributed by atoms with Gasteiger partial charge in [0.25, 0.3) is 5.92 Å². The zero-order chi connectivity index (χ0) is 23.5. The highest BCUT2D eigenvalue weighted by Crippen LogP contribution is 2.46. The van der Waals surface area contributed by atoms with E-state index >= 15 is 0 Å². The fourth-order valence-electron chi connectivity index (χ4n) is 4.43. The molecule has 0 saturated carbocycles. The first-order valence-electron chi connectivity index (χ1n) is 10.5. The first kappa shape index (κ1) is 21.9. The van der Waals surface area contributed by atoms with E-state index in [2.05, 4.69) is 14.7 Å². The summed E-state index contributed by atoms with van der Waals surface area (Å²) in [5.74, 6) is -3.16. The number of benzene rings is 1. The molecule has 174 valence electrons. The second-order valence-corrected chi connectivity index (χ2v) is 10.3. The van der Waals surface area contributed by atoms with Crippen molar-refractivity contribution in [1.29, 1.82) is 5.26 Å². The van der Waals surface area contributed by atoms with Gasteiger partial charge in [-0.1, -0.05) is 12.1 Å². The minimum Gasteiger partial charge on any atom is -0.491 e. The lowest BCUT2D eigenvalue weighted by molar-refractivity contribution is -0.00603. The Morgan fingerprint density at radius 3 is 2.88 bits per heavy atom. The van der Waals surface area contributed by atoms with Gasteiger partial charge >= 0.3 is 0 Å². The van der Waals surface area contributed by atoms with Gasteiger partial charge in [0.05, 0.1) is 30.0 Å². The molecular formula is C21H21F2N5O4S. The fraction of sp³-hybridized carbons (Fsp3) is 0.476. The summed E-state index contributed by atoms with van der Waals surface area (Å²) in [6, 6.07) is 5.71. The maximum Gasteiger partial charge on any atom is 0.290 e. The lowest BCUT2D eigenvalue weighted by atomic mass is 10.0. The average Bonchev–Trinajstić information content (AvgIpc) is 3.30. The van der Waals surface area contributed by atoms with E-state index in [0.717, 1.165) is 0 Å². The maximum absolute atomic E-state index is 14.6. The van der Waals surface area contributed by atoms with Crippen molar-refractivity contribution in [3.8, 4) is 23.1 Å². The number of aromatic nitrogens is 2. The van der Waals surface area contributed by atoms with Crippen LogP contribution in [0.4, 0.5) is 14.7 Å². The van der Waals surface area contributed by atoms with Crippen molar-refractivity contribution in [2.24, 2.45) is 0 Å². The van der Waals surface area contributed by atoms with Gasteiger partial charge in [-0.05, 0) is 19.4 Å². The van der Waals surface area contributed by atoms with Crippen molar-refractivity contribution in [3.05, 3.63) is 35.0 Å². The Kier molecular flexibility index (Phi) is 5.04. The monoisotopic (exact) mass is 477 g/mol. The molecule has 0 amide bonds. The van der Waals surface area contributed by atoms with E-state index in [1.165, 1.54) is 0 Å². The Hall–Kier alpha value is -2.88.